The molecule has 1 unspecified atom stereocenters. The number of nitrogens with zero attached hydrogens (tertiary/aromatic N) is 3. The van der Waals surface area contributed by atoms with Crippen LogP contribution in [0, 0.1) is 11.7 Å². The first-order valence-electron chi connectivity index (χ1n) is 13.4. The van der Waals surface area contributed by atoms with Crippen molar-refractivity contribution in [3.05, 3.63) is 83.3 Å². The summed E-state index contributed by atoms with van der Waals surface area (Å²) in [5, 5.41) is 7.47. The van der Waals surface area contributed by atoms with Crippen LogP contribution in [-0.4, -0.2) is 53.8 Å². The first-order chi connectivity index (χ1) is 18.1. The predicted molar refractivity (Wildman–Crippen MR) is 137 cm³/mol. The summed E-state index contributed by atoms with van der Waals surface area (Å²) < 4.78 is 24.2. The van der Waals surface area contributed by atoms with E-state index < -0.39 is 0 Å². The zero-order valence-corrected chi connectivity index (χ0v) is 21.2. The highest BCUT2D eigenvalue weighted by Gasteiger charge is 2.27. The molecule has 3 aromatic rings. The minimum atomic E-state index is -0.249. The summed E-state index contributed by atoms with van der Waals surface area (Å²) in [6.45, 7) is 4.15. The number of ether oxygens (including phenoxy) is 1. The van der Waals surface area contributed by atoms with Gasteiger partial charge < -0.3 is 19.5 Å². The van der Waals surface area contributed by atoms with Crippen LogP contribution in [0.4, 0.5) is 4.39 Å². The molecule has 1 aromatic heterocycles. The average Bonchev–Trinajstić information content (AvgIpc) is 3.42. The van der Waals surface area contributed by atoms with Crippen molar-refractivity contribution >= 4 is 5.91 Å². The number of benzene rings is 2. The Bertz CT molecular complexity index is 1120. The third-order valence-electron chi connectivity index (χ3n) is 7.54. The molecule has 196 valence electrons. The summed E-state index contributed by atoms with van der Waals surface area (Å²) in [4.78, 5) is 20.0. The van der Waals surface area contributed by atoms with Crippen molar-refractivity contribution in [2.24, 2.45) is 5.92 Å². The molecular formula is C29H35FN4O3. The Kier molecular flexibility index (Phi) is 8.58. The van der Waals surface area contributed by atoms with E-state index in [1.54, 1.807) is 12.1 Å². The lowest BCUT2D eigenvalue weighted by atomic mass is 9.95. The van der Waals surface area contributed by atoms with E-state index in [4.69, 9.17) is 9.26 Å². The monoisotopic (exact) mass is 506 g/mol. The lowest BCUT2D eigenvalue weighted by Gasteiger charge is -2.32. The van der Waals surface area contributed by atoms with E-state index in [1.165, 1.54) is 12.1 Å². The number of carbonyl (C=O) groups excluding carboxylic acids is 1. The third kappa shape index (κ3) is 7.02. The molecule has 2 saturated heterocycles. The van der Waals surface area contributed by atoms with Gasteiger partial charge in [-0.3, -0.25) is 4.79 Å². The van der Waals surface area contributed by atoms with Crippen LogP contribution in [0.25, 0.3) is 0 Å². The second kappa shape index (κ2) is 12.4. The van der Waals surface area contributed by atoms with Gasteiger partial charge in [-0.2, -0.15) is 4.98 Å². The zero-order chi connectivity index (χ0) is 25.5. The van der Waals surface area contributed by atoms with Crippen molar-refractivity contribution < 1.29 is 18.4 Å². The Hall–Kier alpha value is -3.10. The van der Waals surface area contributed by atoms with Gasteiger partial charge in [0.2, 0.25) is 11.8 Å². The van der Waals surface area contributed by atoms with Crippen LogP contribution in [0.2, 0.25) is 0 Å². The first-order valence-corrected chi connectivity index (χ1v) is 13.4. The largest absolute Gasteiger partial charge is 0.381 e. The van der Waals surface area contributed by atoms with Gasteiger partial charge in [-0.15, -0.1) is 0 Å². The molecule has 0 spiro atoms. The summed E-state index contributed by atoms with van der Waals surface area (Å²) in [5.74, 6) is 1.52. The van der Waals surface area contributed by atoms with E-state index >= 15 is 0 Å². The topological polar surface area (TPSA) is 80.5 Å². The van der Waals surface area contributed by atoms with Gasteiger partial charge in [0.25, 0.3) is 0 Å². The molecule has 7 nitrogen and oxygen atoms in total. The normalized spacial score (nSPS) is 18.5. The molecule has 1 amide bonds. The van der Waals surface area contributed by atoms with Crippen LogP contribution in [0.3, 0.4) is 0 Å². The minimum absolute atomic E-state index is 0.000714. The zero-order valence-electron chi connectivity index (χ0n) is 21.2. The van der Waals surface area contributed by atoms with Crippen molar-refractivity contribution in [3.63, 3.8) is 0 Å². The maximum absolute atomic E-state index is 13.1. The number of piperidine rings is 1. The number of hydrogen-bond acceptors (Lipinski definition) is 6. The number of nitrogens with one attached hydrogen (secondary N) is 1. The van der Waals surface area contributed by atoms with Crippen LogP contribution in [0.1, 0.15) is 66.9 Å². The van der Waals surface area contributed by atoms with Crippen LogP contribution < -0.4 is 5.32 Å². The Morgan fingerprint density at radius 1 is 1.03 bits per heavy atom. The van der Waals surface area contributed by atoms with E-state index in [9.17, 15) is 9.18 Å². The van der Waals surface area contributed by atoms with Crippen molar-refractivity contribution in [3.8, 4) is 0 Å². The number of hydrogen-bond donors (Lipinski definition) is 1. The number of carbonyl (C=O) groups is 1. The maximum atomic E-state index is 13.1. The molecule has 2 aliphatic rings. The van der Waals surface area contributed by atoms with E-state index in [1.807, 2.05) is 18.2 Å². The second-order valence-electron chi connectivity index (χ2n) is 10.1. The molecule has 2 aliphatic heterocycles. The number of likely N-dealkylation sites (tertiary alicyclic amines) is 1. The van der Waals surface area contributed by atoms with E-state index in [2.05, 4.69) is 32.5 Å². The molecule has 2 aromatic carbocycles. The Morgan fingerprint density at radius 2 is 1.76 bits per heavy atom. The summed E-state index contributed by atoms with van der Waals surface area (Å²) >= 11 is 0. The van der Waals surface area contributed by atoms with Gasteiger partial charge in [0.05, 0.1) is 6.04 Å². The van der Waals surface area contributed by atoms with Crippen LogP contribution >= 0.6 is 0 Å². The highest BCUT2D eigenvalue weighted by molar-refractivity contribution is 5.79. The maximum Gasteiger partial charge on any atom is 0.229 e. The Balaban J connectivity index is 1.12. The molecule has 3 heterocycles. The Labute approximate surface area is 217 Å². The molecule has 1 N–H and O–H groups in total. The van der Waals surface area contributed by atoms with Gasteiger partial charge in [-0.25, -0.2) is 4.39 Å². The van der Waals surface area contributed by atoms with Gasteiger partial charge in [-0.1, -0.05) is 47.6 Å². The average molecular weight is 507 g/mol. The lowest BCUT2D eigenvalue weighted by molar-refractivity contribution is -0.128. The number of amides is 1. The molecule has 0 radical (unpaired) electrons. The number of aromatic nitrogens is 2. The van der Waals surface area contributed by atoms with Gasteiger partial charge in [0.15, 0.2) is 5.82 Å². The molecular weight excluding hydrogens is 471 g/mol. The van der Waals surface area contributed by atoms with Crippen molar-refractivity contribution in [1.29, 1.82) is 0 Å². The summed E-state index contributed by atoms with van der Waals surface area (Å²) in [6, 6.07) is 16.7. The molecule has 1 atom stereocenters. The van der Waals surface area contributed by atoms with E-state index in [-0.39, 0.29) is 29.6 Å². The quantitative estimate of drug-likeness (QED) is 0.455. The molecule has 0 bridgehead atoms. The molecule has 0 aliphatic carbocycles. The second-order valence-corrected chi connectivity index (χ2v) is 10.1. The van der Waals surface area contributed by atoms with Gasteiger partial charge in [0, 0.05) is 38.0 Å². The number of rotatable bonds is 9. The van der Waals surface area contributed by atoms with Crippen molar-refractivity contribution in [1.82, 2.24) is 20.4 Å². The Morgan fingerprint density at radius 3 is 2.49 bits per heavy atom. The van der Waals surface area contributed by atoms with Crippen LogP contribution in [0.15, 0.2) is 59.1 Å². The highest BCUT2D eigenvalue weighted by Crippen LogP contribution is 2.28. The third-order valence-corrected chi connectivity index (χ3v) is 7.54. The lowest BCUT2D eigenvalue weighted by Crippen LogP contribution is -2.39. The number of halogens is 1. The fraction of sp³-hybridized carbons (Fsp3) is 0.483. The molecule has 5 rings (SSSR count). The highest BCUT2D eigenvalue weighted by atomic mass is 19.1. The summed E-state index contributed by atoms with van der Waals surface area (Å²) in [5.41, 5.74) is 2.11. The summed E-state index contributed by atoms with van der Waals surface area (Å²) in [6.07, 6.45) is 4.91. The molecule has 37 heavy (non-hydrogen) atoms. The molecule has 0 saturated carbocycles. The van der Waals surface area contributed by atoms with E-state index in [0.717, 1.165) is 62.9 Å². The first kappa shape index (κ1) is 25.5. The van der Waals surface area contributed by atoms with Crippen molar-refractivity contribution in [2.45, 2.75) is 50.5 Å². The molecule has 2 fully saturated rings. The van der Waals surface area contributed by atoms with Crippen molar-refractivity contribution in [2.75, 3.05) is 32.8 Å². The standard InChI is InChI=1S/C29H35FN4O3/c30-25-8-6-21(7-9-25)20-27-32-29(37-33-27)24-10-15-34(16-11-24)17-12-26(22-4-2-1-3-5-22)31-28(35)23-13-18-36-19-14-23/h1-9,23-24,26H,10-20H2,(H,31,35). The smallest absolute Gasteiger partial charge is 0.229 e. The minimum Gasteiger partial charge on any atom is -0.381 e. The van der Waals surface area contributed by atoms with Gasteiger partial charge in [-0.05, 0) is 68.5 Å². The summed E-state index contributed by atoms with van der Waals surface area (Å²) in [7, 11) is 0. The van der Waals surface area contributed by atoms with Gasteiger partial charge in [0.1, 0.15) is 5.82 Å². The SMILES string of the molecule is O=C(NC(CCN1CCC(c2nc(Cc3ccc(F)cc3)no2)CC1)c1ccccc1)C1CCOCC1. The van der Waals surface area contributed by atoms with E-state index in [0.29, 0.717) is 31.3 Å². The fourth-order valence-corrected chi connectivity index (χ4v) is 5.26. The predicted octanol–water partition coefficient (Wildman–Crippen LogP) is 4.65. The molecule has 8 heteroatoms. The van der Waals surface area contributed by atoms with Crippen LogP contribution in [0.5, 0.6) is 0 Å². The van der Waals surface area contributed by atoms with Crippen LogP contribution in [-0.2, 0) is 16.0 Å². The van der Waals surface area contributed by atoms with Gasteiger partial charge >= 0.3 is 0 Å². The fourth-order valence-electron chi connectivity index (χ4n) is 5.26.